The third kappa shape index (κ3) is 4.67. The third-order valence-electron chi connectivity index (χ3n) is 4.00. The summed E-state index contributed by atoms with van der Waals surface area (Å²) in [5.74, 6) is -0.591. The van der Waals surface area contributed by atoms with Crippen LogP contribution >= 0.6 is 23.4 Å². The lowest BCUT2D eigenvalue weighted by Gasteiger charge is -2.10. The smallest absolute Gasteiger partial charge is 0.277 e. The summed E-state index contributed by atoms with van der Waals surface area (Å²) in [6, 6.07) is 9.92. The van der Waals surface area contributed by atoms with E-state index >= 15 is 0 Å². The second-order valence-electron chi connectivity index (χ2n) is 6.05. The van der Waals surface area contributed by atoms with Crippen LogP contribution in [-0.2, 0) is 4.79 Å². The Morgan fingerprint density at radius 1 is 1.19 bits per heavy atom. The van der Waals surface area contributed by atoms with Gasteiger partial charge in [-0.2, -0.15) is 0 Å². The molecule has 1 aromatic heterocycles. The zero-order valence-electron chi connectivity index (χ0n) is 14.9. The Labute approximate surface area is 165 Å². The Balaban J connectivity index is 1.67. The van der Waals surface area contributed by atoms with E-state index in [1.165, 1.54) is 17.7 Å². The highest BCUT2D eigenvalue weighted by Crippen LogP contribution is 2.28. The molecule has 1 atom stereocenters. The van der Waals surface area contributed by atoms with Crippen molar-refractivity contribution in [1.29, 1.82) is 0 Å². The molecular weight excluding hydrogens is 389 g/mol. The average molecular weight is 406 g/mol. The van der Waals surface area contributed by atoms with Gasteiger partial charge in [-0.05, 0) is 62.2 Å². The van der Waals surface area contributed by atoms with Crippen molar-refractivity contribution >= 4 is 35.0 Å². The summed E-state index contributed by atoms with van der Waals surface area (Å²) in [4.78, 5) is 12.3. The van der Waals surface area contributed by atoms with Gasteiger partial charge in [0, 0.05) is 10.6 Å². The first-order chi connectivity index (χ1) is 12.8. The lowest BCUT2D eigenvalue weighted by molar-refractivity contribution is -0.115. The van der Waals surface area contributed by atoms with Crippen molar-refractivity contribution in [2.45, 2.75) is 31.2 Å². The lowest BCUT2D eigenvalue weighted by Crippen LogP contribution is -2.23. The molecule has 0 bridgehead atoms. The topological polar surface area (TPSA) is 68.0 Å². The Morgan fingerprint density at radius 2 is 1.96 bits per heavy atom. The summed E-state index contributed by atoms with van der Waals surface area (Å²) in [6.45, 7) is 5.71. The van der Waals surface area contributed by atoms with Gasteiger partial charge in [0.2, 0.25) is 11.8 Å². The minimum absolute atomic E-state index is 0.0678. The van der Waals surface area contributed by atoms with E-state index in [-0.39, 0.29) is 21.8 Å². The second kappa shape index (κ2) is 8.10. The van der Waals surface area contributed by atoms with E-state index in [0.717, 1.165) is 29.0 Å². The zero-order valence-corrected chi connectivity index (χ0v) is 16.5. The number of anilines is 1. The zero-order chi connectivity index (χ0) is 19.6. The first-order valence-electron chi connectivity index (χ1n) is 8.17. The fraction of sp³-hybridized carbons (Fsp3) is 0.211. The van der Waals surface area contributed by atoms with Crippen LogP contribution in [0.15, 0.2) is 46.0 Å². The molecule has 3 rings (SSSR count). The maximum absolute atomic E-state index is 13.8. The number of thioether (sulfide) groups is 1. The number of aromatic nitrogens is 2. The summed E-state index contributed by atoms with van der Waals surface area (Å²) in [7, 11) is 0. The number of carbonyl (C=O) groups is 1. The highest BCUT2D eigenvalue weighted by Gasteiger charge is 2.20. The number of rotatable bonds is 5. The Kier molecular flexibility index (Phi) is 5.82. The molecule has 140 valence electrons. The SMILES string of the molecule is Cc1ccc(-c2nnc(S[C@H](C)C(=O)Nc3ccc(Cl)cc3F)o2)cc1C. The molecule has 0 fully saturated rings. The fourth-order valence-corrected chi connectivity index (χ4v) is 3.12. The molecular formula is C19H17ClFN3O2S. The van der Waals surface area contributed by atoms with Crippen LogP contribution in [0.2, 0.25) is 5.02 Å². The quantitative estimate of drug-likeness (QED) is 0.586. The molecule has 0 spiro atoms. The standard InChI is InChI=1S/C19H17ClFN3O2S/c1-10-4-5-13(8-11(10)2)18-23-24-19(26-18)27-12(3)17(25)22-16-7-6-14(20)9-15(16)21/h4-9,12H,1-3H3,(H,22,25)/t12-/m1/s1. The van der Waals surface area contributed by atoms with E-state index in [4.69, 9.17) is 16.0 Å². The average Bonchev–Trinajstić information content (AvgIpc) is 3.08. The number of nitrogens with zero attached hydrogens (tertiary/aromatic N) is 2. The van der Waals surface area contributed by atoms with Gasteiger partial charge in [0.1, 0.15) is 5.82 Å². The van der Waals surface area contributed by atoms with Gasteiger partial charge in [0.15, 0.2) is 0 Å². The number of carbonyl (C=O) groups excluding carboxylic acids is 1. The Hall–Kier alpha value is -2.38. The van der Waals surface area contributed by atoms with Crippen LogP contribution in [0.3, 0.4) is 0 Å². The minimum Gasteiger partial charge on any atom is -0.411 e. The monoisotopic (exact) mass is 405 g/mol. The van der Waals surface area contributed by atoms with E-state index in [1.54, 1.807) is 6.92 Å². The van der Waals surface area contributed by atoms with Crippen molar-refractivity contribution in [3.05, 3.63) is 58.4 Å². The van der Waals surface area contributed by atoms with E-state index in [9.17, 15) is 9.18 Å². The van der Waals surface area contributed by atoms with Crippen LogP contribution in [0.1, 0.15) is 18.1 Å². The summed E-state index contributed by atoms with van der Waals surface area (Å²) in [5.41, 5.74) is 3.18. The molecule has 5 nitrogen and oxygen atoms in total. The molecule has 1 heterocycles. The number of hydrogen-bond acceptors (Lipinski definition) is 5. The van der Waals surface area contributed by atoms with E-state index < -0.39 is 11.1 Å². The summed E-state index contributed by atoms with van der Waals surface area (Å²) in [6.07, 6.45) is 0. The first kappa shape index (κ1) is 19.4. The van der Waals surface area contributed by atoms with E-state index in [1.807, 2.05) is 32.0 Å². The molecule has 0 unspecified atom stereocenters. The van der Waals surface area contributed by atoms with Crippen molar-refractivity contribution < 1.29 is 13.6 Å². The Bertz CT molecular complexity index is 993. The van der Waals surface area contributed by atoms with Gasteiger partial charge in [-0.25, -0.2) is 4.39 Å². The van der Waals surface area contributed by atoms with Crippen LogP contribution < -0.4 is 5.32 Å². The lowest BCUT2D eigenvalue weighted by atomic mass is 10.1. The van der Waals surface area contributed by atoms with Crippen LogP contribution in [0.25, 0.3) is 11.5 Å². The number of benzene rings is 2. The summed E-state index contributed by atoms with van der Waals surface area (Å²) < 4.78 is 19.5. The van der Waals surface area contributed by atoms with Crippen molar-refractivity contribution in [1.82, 2.24) is 10.2 Å². The third-order valence-corrected chi connectivity index (χ3v) is 5.17. The predicted octanol–water partition coefficient (Wildman–Crippen LogP) is 5.27. The van der Waals surface area contributed by atoms with Gasteiger partial charge >= 0.3 is 0 Å². The van der Waals surface area contributed by atoms with Crippen LogP contribution in [0.4, 0.5) is 10.1 Å². The highest BCUT2D eigenvalue weighted by atomic mass is 35.5. The molecule has 3 aromatic rings. The van der Waals surface area contributed by atoms with Crippen LogP contribution in [-0.4, -0.2) is 21.4 Å². The fourth-order valence-electron chi connectivity index (χ4n) is 2.28. The molecule has 0 saturated carbocycles. The molecule has 0 radical (unpaired) electrons. The minimum atomic E-state index is -0.595. The predicted molar refractivity (Wildman–Crippen MR) is 105 cm³/mol. The molecule has 1 amide bonds. The van der Waals surface area contributed by atoms with Crippen LogP contribution in [0, 0.1) is 19.7 Å². The molecule has 0 aliphatic heterocycles. The van der Waals surface area contributed by atoms with Gasteiger partial charge in [0.25, 0.3) is 5.22 Å². The maximum atomic E-state index is 13.8. The number of halogens is 2. The molecule has 0 aliphatic carbocycles. The number of hydrogen-bond donors (Lipinski definition) is 1. The Morgan fingerprint density at radius 3 is 2.67 bits per heavy atom. The van der Waals surface area contributed by atoms with Gasteiger partial charge in [-0.15, -0.1) is 10.2 Å². The van der Waals surface area contributed by atoms with Crippen molar-refractivity contribution in [3.8, 4) is 11.5 Å². The normalized spacial score (nSPS) is 12.0. The number of aryl methyl sites for hydroxylation is 2. The van der Waals surface area contributed by atoms with Gasteiger partial charge in [-0.3, -0.25) is 4.79 Å². The maximum Gasteiger partial charge on any atom is 0.277 e. The first-order valence-corrected chi connectivity index (χ1v) is 9.43. The highest BCUT2D eigenvalue weighted by molar-refractivity contribution is 8.00. The number of nitrogens with one attached hydrogen (secondary N) is 1. The molecule has 27 heavy (non-hydrogen) atoms. The summed E-state index contributed by atoms with van der Waals surface area (Å²) in [5, 5.41) is 10.5. The largest absolute Gasteiger partial charge is 0.411 e. The van der Waals surface area contributed by atoms with Crippen molar-refractivity contribution in [3.63, 3.8) is 0 Å². The molecule has 2 aromatic carbocycles. The van der Waals surface area contributed by atoms with Crippen molar-refractivity contribution in [2.24, 2.45) is 0 Å². The van der Waals surface area contributed by atoms with E-state index in [2.05, 4.69) is 15.5 Å². The molecule has 0 aliphatic rings. The van der Waals surface area contributed by atoms with Crippen LogP contribution in [0.5, 0.6) is 0 Å². The van der Waals surface area contributed by atoms with Gasteiger partial charge in [-0.1, -0.05) is 29.4 Å². The van der Waals surface area contributed by atoms with E-state index in [0.29, 0.717) is 5.89 Å². The van der Waals surface area contributed by atoms with Gasteiger partial charge < -0.3 is 9.73 Å². The number of amides is 1. The van der Waals surface area contributed by atoms with Gasteiger partial charge in [0.05, 0.1) is 10.9 Å². The second-order valence-corrected chi connectivity index (χ2v) is 7.77. The summed E-state index contributed by atoms with van der Waals surface area (Å²) >= 11 is 6.81. The molecule has 8 heteroatoms. The molecule has 1 N–H and O–H groups in total. The molecule has 0 saturated heterocycles. The van der Waals surface area contributed by atoms with Crippen molar-refractivity contribution in [2.75, 3.05) is 5.32 Å².